The number of anilines is 1. The van der Waals surface area contributed by atoms with Crippen molar-refractivity contribution < 1.29 is 14.4 Å². The minimum absolute atomic E-state index is 0.0698. The molecule has 25 heavy (non-hydrogen) atoms. The molecule has 1 fully saturated rings. The Morgan fingerprint density at radius 3 is 2.72 bits per heavy atom. The van der Waals surface area contributed by atoms with Gasteiger partial charge in [0.1, 0.15) is 0 Å². The van der Waals surface area contributed by atoms with Gasteiger partial charge in [-0.05, 0) is 31.0 Å². The van der Waals surface area contributed by atoms with Crippen LogP contribution in [0.4, 0.5) is 10.5 Å². The van der Waals surface area contributed by atoms with Crippen molar-refractivity contribution in [2.75, 3.05) is 32.5 Å². The highest BCUT2D eigenvalue weighted by molar-refractivity contribution is 5.90. The van der Waals surface area contributed by atoms with Gasteiger partial charge in [0.05, 0.1) is 6.04 Å². The van der Waals surface area contributed by atoms with Crippen molar-refractivity contribution in [2.45, 2.75) is 32.2 Å². The van der Waals surface area contributed by atoms with Gasteiger partial charge in [0, 0.05) is 45.7 Å². The summed E-state index contributed by atoms with van der Waals surface area (Å²) in [7, 11) is 3.47. The van der Waals surface area contributed by atoms with Crippen LogP contribution in [0.2, 0.25) is 0 Å². The molecule has 2 N–H and O–H groups in total. The minimum Gasteiger partial charge on any atom is -0.349 e. The maximum atomic E-state index is 12.1. The second-order valence-electron chi connectivity index (χ2n) is 6.42. The Balaban J connectivity index is 1.86. The van der Waals surface area contributed by atoms with Gasteiger partial charge in [-0.15, -0.1) is 0 Å². The lowest BCUT2D eigenvalue weighted by Gasteiger charge is -2.15. The van der Waals surface area contributed by atoms with Crippen molar-refractivity contribution in [3.05, 3.63) is 29.8 Å². The van der Waals surface area contributed by atoms with E-state index in [1.807, 2.05) is 25.1 Å². The molecule has 4 amide bonds. The molecule has 0 bridgehead atoms. The topological polar surface area (TPSA) is 81.8 Å². The van der Waals surface area contributed by atoms with E-state index in [9.17, 15) is 14.4 Å². The summed E-state index contributed by atoms with van der Waals surface area (Å²) in [5.41, 5.74) is 1.66. The number of likely N-dealkylation sites (N-methyl/N-ethyl adjacent to an activating group) is 1. The molecule has 1 unspecified atom stereocenters. The average Bonchev–Trinajstić information content (AvgIpc) is 2.92. The van der Waals surface area contributed by atoms with Gasteiger partial charge in [-0.3, -0.25) is 9.59 Å². The second-order valence-corrected chi connectivity index (χ2v) is 6.42. The molecule has 1 saturated heterocycles. The summed E-state index contributed by atoms with van der Waals surface area (Å²) in [6.07, 6.45) is 1.39. The smallest absolute Gasteiger partial charge is 0.319 e. The zero-order chi connectivity index (χ0) is 18.4. The number of likely N-dealkylation sites (tertiary alicyclic amines) is 1. The Kier molecular flexibility index (Phi) is 6.38. The van der Waals surface area contributed by atoms with Crippen LogP contribution in [0.15, 0.2) is 24.3 Å². The van der Waals surface area contributed by atoms with E-state index in [0.717, 1.165) is 5.56 Å². The summed E-state index contributed by atoms with van der Waals surface area (Å²) in [5.74, 6) is 0.142. The summed E-state index contributed by atoms with van der Waals surface area (Å²) in [6.45, 7) is 3.13. The number of hydrogen-bond donors (Lipinski definition) is 2. The first-order valence-corrected chi connectivity index (χ1v) is 8.53. The summed E-state index contributed by atoms with van der Waals surface area (Å²) in [5, 5.41) is 5.63. The summed E-state index contributed by atoms with van der Waals surface area (Å²) in [6, 6.07) is 6.96. The maximum Gasteiger partial charge on any atom is 0.319 e. The van der Waals surface area contributed by atoms with Crippen LogP contribution in [0.5, 0.6) is 0 Å². The lowest BCUT2D eigenvalue weighted by molar-refractivity contribution is -0.129. The van der Waals surface area contributed by atoms with Crippen LogP contribution in [0.1, 0.15) is 25.3 Å². The van der Waals surface area contributed by atoms with Crippen molar-refractivity contribution in [3.8, 4) is 0 Å². The third-order valence-electron chi connectivity index (χ3n) is 4.24. The van der Waals surface area contributed by atoms with Crippen molar-refractivity contribution in [3.63, 3.8) is 0 Å². The first kappa shape index (κ1) is 18.8. The van der Waals surface area contributed by atoms with Crippen molar-refractivity contribution >= 4 is 23.5 Å². The highest BCUT2D eigenvalue weighted by Gasteiger charge is 2.29. The molecule has 1 aliphatic rings. The summed E-state index contributed by atoms with van der Waals surface area (Å²) in [4.78, 5) is 38.8. The molecular formula is C18H26N4O3. The highest BCUT2D eigenvalue weighted by atomic mass is 16.2. The van der Waals surface area contributed by atoms with E-state index in [-0.39, 0.29) is 23.9 Å². The quantitative estimate of drug-likeness (QED) is 0.818. The Bertz CT molecular complexity index is 645. The first-order chi connectivity index (χ1) is 11.9. The third-order valence-corrected chi connectivity index (χ3v) is 4.24. The van der Waals surface area contributed by atoms with Gasteiger partial charge in [0.15, 0.2) is 0 Å². The van der Waals surface area contributed by atoms with Crippen molar-refractivity contribution in [1.82, 2.24) is 15.1 Å². The van der Waals surface area contributed by atoms with E-state index < -0.39 is 0 Å². The van der Waals surface area contributed by atoms with Crippen molar-refractivity contribution in [2.24, 2.45) is 0 Å². The van der Waals surface area contributed by atoms with E-state index in [4.69, 9.17) is 0 Å². The van der Waals surface area contributed by atoms with Gasteiger partial charge in [0.2, 0.25) is 11.8 Å². The molecule has 136 valence electrons. The average molecular weight is 346 g/mol. The predicted molar refractivity (Wildman–Crippen MR) is 96.3 cm³/mol. The van der Waals surface area contributed by atoms with E-state index in [2.05, 4.69) is 10.6 Å². The summed E-state index contributed by atoms with van der Waals surface area (Å²) < 4.78 is 0. The molecule has 7 nitrogen and oxygen atoms in total. The molecule has 0 aliphatic carbocycles. The first-order valence-electron chi connectivity index (χ1n) is 8.53. The molecule has 0 spiro atoms. The van der Waals surface area contributed by atoms with E-state index >= 15 is 0 Å². The number of rotatable bonds is 6. The van der Waals surface area contributed by atoms with Crippen LogP contribution < -0.4 is 10.6 Å². The molecule has 2 rings (SSSR count). The fourth-order valence-corrected chi connectivity index (χ4v) is 2.81. The molecular weight excluding hydrogens is 320 g/mol. The number of carbonyl (C=O) groups excluding carboxylic acids is 3. The highest BCUT2D eigenvalue weighted by Crippen LogP contribution is 2.14. The van der Waals surface area contributed by atoms with Gasteiger partial charge < -0.3 is 20.4 Å². The van der Waals surface area contributed by atoms with Gasteiger partial charge in [0.25, 0.3) is 0 Å². The van der Waals surface area contributed by atoms with Crippen LogP contribution in [0.3, 0.4) is 0 Å². The standard InChI is InChI=1S/C18H26N4O3/c1-4-22-12-15(11-17(22)24)20-18(25)19-14-7-5-6-13(10-14)8-9-16(23)21(2)3/h5-7,10,15H,4,8-9,11-12H2,1-3H3,(H2,19,20,25). The Labute approximate surface area is 148 Å². The lowest BCUT2D eigenvalue weighted by atomic mass is 10.1. The second kappa shape index (κ2) is 8.50. The van der Waals surface area contributed by atoms with Crippen LogP contribution in [-0.4, -0.2) is 60.9 Å². The maximum absolute atomic E-state index is 12.1. The number of carbonyl (C=O) groups is 3. The SMILES string of the molecule is CCN1CC(NC(=O)Nc2cccc(CCC(=O)N(C)C)c2)CC1=O. The largest absolute Gasteiger partial charge is 0.349 e. The number of aryl methyl sites for hydroxylation is 1. The number of amides is 4. The van der Waals surface area contributed by atoms with Crippen LogP contribution in [0, 0.1) is 0 Å². The van der Waals surface area contributed by atoms with E-state index in [1.165, 1.54) is 0 Å². The fourth-order valence-electron chi connectivity index (χ4n) is 2.81. The molecule has 0 saturated carbocycles. The predicted octanol–water partition coefficient (Wildman–Crippen LogP) is 1.45. The number of nitrogens with one attached hydrogen (secondary N) is 2. The van der Waals surface area contributed by atoms with Gasteiger partial charge in [-0.25, -0.2) is 4.79 Å². The Hall–Kier alpha value is -2.57. The molecule has 0 radical (unpaired) electrons. The Morgan fingerprint density at radius 2 is 2.08 bits per heavy atom. The molecule has 0 aromatic heterocycles. The van der Waals surface area contributed by atoms with Crippen LogP contribution in [0.25, 0.3) is 0 Å². The monoisotopic (exact) mass is 346 g/mol. The fraction of sp³-hybridized carbons (Fsp3) is 0.500. The molecule has 1 atom stereocenters. The Morgan fingerprint density at radius 1 is 1.32 bits per heavy atom. The van der Waals surface area contributed by atoms with Gasteiger partial charge in [-0.1, -0.05) is 12.1 Å². The third kappa shape index (κ3) is 5.48. The number of hydrogen-bond acceptors (Lipinski definition) is 3. The van der Waals surface area contributed by atoms with Gasteiger partial charge in [-0.2, -0.15) is 0 Å². The van der Waals surface area contributed by atoms with Crippen LogP contribution in [-0.2, 0) is 16.0 Å². The lowest BCUT2D eigenvalue weighted by Crippen LogP contribution is -2.39. The molecule has 1 aromatic rings. The van der Waals surface area contributed by atoms with E-state index in [1.54, 1.807) is 30.0 Å². The number of nitrogens with zero attached hydrogens (tertiary/aromatic N) is 2. The van der Waals surface area contributed by atoms with E-state index in [0.29, 0.717) is 38.0 Å². The number of benzene rings is 1. The molecule has 7 heteroatoms. The molecule has 1 aromatic carbocycles. The zero-order valence-electron chi connectivity index (χ0n) is 15.0. The van der Waals surface area contributed by atoms with Crippen LogP contribution >= 0.6 is 0 Å². The summed E-state index contributed by atoms with van der Waals surface area (Å²) >= 11 is 0. The van der Waals surface area contributed by atoms with Gasteiger partial charge >= 0.3 is 6.03 Å². The zero-order valence-corrected chi connectivity index (χ0v) is 15.0. The normalized spacial score (nSPS) is 16.7. The number of urea groups is 1. The minimum atomic E-state index is -0.322. The molecule has 1 aliphatic heterocycles. The van der Waals surface area contributed by atoms with Crippen molar-refractivity contribution in [1.29, 1.82) is 0 Å². The molecule has 1 heterocycles.